The third kappa shape index (κ3) is 6.81. The molecule has 1 saturated heterocycles. The van der Waals surface area contributed by atoms with E-state index in [1.807, 2.05) is 32.0 Å². The summed E-state index contributed by atoms with van der Waals surface area (Å²) in [5, 5.41) is 7.51. The molecule has 0 radical (unpaired) electrons. The van der Waals surface area contributed by atoms with Crippen LogP contribution in [-0.4, -0.2) is 57.7 Å². The number of rotatable bonds is 11. The minimum atomic E-state index is -1.06. The third-order valence-electron chi connectivity index (χ3n) is 6.80. The molecular formula is C30H35N3O6S. The molecule has 1 aromatic heterocycles. The Morgan fingerprint density at radius 1 is 1.05 bits per heavy atom. The molecule has 0 unspecified atom stereocenters. The molecule has 2 N–H and O–H groups in total. The van der Waals surface area contributed by atoms with Crippen molar-refractivity contribution in [2.45, 2.75) is 38.8 Å². The van der Waals surface area contributed by atoms with Crippen LogP contribution >= 0.6 is 11.3 Å². The summed E-state index contributed by atoms with van der Waals surface area (Å²) in [5.41, 5.74) is 2.83. The van der Waals surface area contributed by atoms with E-state index in [0.29, 0.717) is 40.8 Å². The van der Waals surface area contributed by atoms with Crippen molar-refractivity contribution < 1.29 is 28.6 Å². The first kappa shape index (κ1) is 29.1. The Bertz CT molecular complexity index is 1340. The normalized spacial score (nSPS) is 15.2. The quantitative estimate of drug-likeness (QED) is 0.361. The van der Waals surface area contributed by atoms with Crippen LogP contribution < -0.4 is 25.0 Å². The SMILES string of the molecule is COc1ccc([C@@H](C(=O)NC[C@@H]2CCCO2)N(C(=O)CNC(=O)c2cccs2)c2cc(C)ccc2C)cc1OC. The summed E-state index contributed by atoms with van der Waals surface area (Å²) < 4.78 is 16.6. The number of carbonyl (C=O) groups excluding carboxylic acids is 3. The molecule has 0 spiro atoms. The van der Waals surface area contributed by atoms with Gasteiger partial charge in [-0.3, -0.25) is 19.3 Å². The molecule has 2 heterocycles. The highest BCUT2D eigenvalue weighted by Gasteiger charge is 2.35. The van der Waals surface area contributed by atoms with Gasteiger partial charge < -0.3 is 24.8 Å². The third-order valence-corrected chi connectivity index (χ3v) is 7.66. The van der Waals surface area contributed by atoms with Gasteiger partial charge in [-0.25, -0.2) is 0 Å². The van der Waals surface area contributed by atoms with Gasteiger partial charge >= 0.3 is 0 Å². The lowest BCUT2D eigenvalue weighted by Crippen LogP contribution is -2.48. The molecule has 1 aliphatic heterocycles. The van der Waals surface area contributed by atoms with Crippen LogP contribution in [0.4, 0.5) is 5.69 Å². The van der Waals surface area contributed by atoms with E-state index in [4.69, 9.17) is 14.2 Å². The zero-order chi connectivity index (χ0) is 28.6. The second-order valence-electron chi connectivity index (χ2n) is 9.61. The van der Waals surface area contributed by atoms with Gasteiger partial charge in [0.2, 0.25) is 11.8 Å². The molecule has 0 bridgehead atoms. The van der Waals surface area contributed by atoms with Gasteiger partial charge in [-0.1, -0.05) is 24.3 Å². The van der Waals surface area contributed by atoms with E-state index in [0.717, 1.165) is 24.0 Å². The van der Waals surface area contributed by atoms with E-state index >= 15 is 0 Å². The van der Waals surface area contributed by atoms with Gasteiger partial charge in [-0.2, -0.15) is 0 Å². The number of nitrogens with zero attached hydrogens (tertiary/aromatic N) is 1. The highest BCUT2D eigenvalue weighted by atomic mass is 32.1. The van der Waals surface area contributed by atoms with E-state index in [9.17, 15) is 14.4 Å². The summed E-state index contributed by atoms with van der Waals surface area (Å²) in [6, 6.07) is 13.3. The Kier molecular flexibility index (Phi) is 9.79. The number of hydrogen-bond donors (Lipinski definition) is 2. The minimum Gasteiger partial charge on any atom is -0.493 e. The first-order valence-corrected chi connectivity index (χ1v) is 14.0. The largest absolute Gasteiger partial charge is 0.493 e. The van der Waals surface area contributed by atoms with Crippen molar-refractivity contribution in [1.29, 1.82) is 0 Å². The number of hydrogen-bond acceptors (Lipinski definition) is 7. The van der Waals surface area contributed by atoms with Crippen molar-refractivity contribution in [2.24, 2.45) is 0 Å². The fourth-order valence-corrected chi connectivity index (χ4v) is 5.33. The molecule has 2 atom stereocenters. The number of ether oxygens (including phenoxy) is 3. The van der Waals surface area contributed by atoms with Gasteiger partial charge in [0.15, 0.2) is 11.5 Å². The number of thiophene rings is 1. The van der Waals surface area contributed by atoms with Gasteiger partial charge in [0.25, 0.3) is 5.91 Å². The summed E-state index contributed by atoms with van der Waals surface area (Å²) in [7, 11) is 3.05. The molecule has 1 fully saturated rings. The van der Waals surface area contributed by atoms with E-state index in [2.05, 4.69) is 10.6 Å². The molecule has 3 aromatic rings. The number of aryl methyl sites for hydroxylation is 2. The molecule has 212 valence electrons. The first-order valence-electron chi connectivity index (χ1n) is 13.1. The molecule has 2 aromatic carbocycles. The number of anilines is 1. The van der Waals surface area contributed by atoms with Crippen LogP contribution in [0.25, 0.3) is 0 Å². The van der Waals surface area contributed by atoms with Crippen LogP contribution in [0.5, 0.6) is 11.5 Å². The van der Waals surface area contributed by atoms with Gasteiger partial charge in [0.1, 0.15) is 6.04 Å². The molecule has 3 amide bonds. The summed E-state index contributed by atoms with van der Waals surface area (Å²) >= 11 is 1.29. The van der Waals surface area contributed by atoms with Gasteiger partial charge in [-0.05, 0) is 73.0 Å². The van der Waals surface area contributed by atoms with Crippen LogP contribution in [0.15, 0.2) is 53.9 Å². The van der Waals surface area contributed by atoms with E-state index in [1.54, 1.807) is 35.7 Å². The highest BCUT2D eigenvalue weighted by Crippen LogP contribution is 2.36. The molecule has 0 saturated carbocycles. The average molecular weight is 566 g/mol. The fourth-order valence-electron chi connectivity index (χ4n) is 4.69. The summed E-state index contributed by atoms with van der Waals surface area (Å²) in [6.45, 7) is 4.50. The number of carbonyl (C=O) groups is 3. The smallest absolute Gasteiger partial charge is 0.261 e. The van der Waals surface area contributed by atoms with Crippen LogP contribution in [-0.2, 0) is 14.3 Å². The number of benzene rings is 2. The van der Waals surface area contributed by atoms with Crippen molar-refractivity contribution in [3.05, 3.63) is 75.5 Å². The second-order valence-corrected chi connectivity index (χ2v) is 10.6. The van der Waals surface area contributed by atoms with Crippen molar-refractivity contribution in [1.82, 2.24) is 10.6 Å². The predicted octanol–water partition coefficient (Wildman–Crippen LogP) is 4.18. The zero-order valence-electron chi connectivity index (χ0n) is 23.2. The lowest BCUT2D eigenvalue weighted by Gasteiger charge is -2.33. The first-order chi connectivity index (χ1) is 19.3. The van der Waals surface area contributed by atoms with Gasteiger partial charge in [-0.15, -0.1) is 11.3 Å². The minimum absolute atomic E-state index is 0.0788. The standard InChI is InChI=1S/C30H35N3O6S/c1-19-9-10-20(2)23(15-19)33(27(34)18-32-29(35)26-8-6-14-40-26)28(30(36)31-17-22-7-5-13-39-22)21-11-12-24(37-3)25(16-21)38-4/h6,8-12,14-16,22,28H,5,7,13,17-18H2,1-4H3,(H,31,36)(H,32,35)/t22-,28-/m0/s1. The Morgan fingerprint density at radius 3 is 2.52 bits per heavy atom. The van der Waals surface area contributed by atoms with Crippen LogP contribution in [0.2, 0.25) is 0 Å². The Balaban J connectivity index is 1.75. The lowest BCUT2D eigenvalue weighted by molar-refractivity contribution is -0.126. The Hall–Kier alpha value is -3.89. The van der Waals surface area contributed by atoms with Gasteiger partial charge in [0.05, 0.1) is 31.7 Å². The van der Waals surface area contributed by atoms with E-state index < -0.39 is 11.9 Å². The number of amides is 3. The van der Waals surface area contributed by atoms with Crippen molar-refractivity contribution in [3.63, 3.8) is 0 Å². The lowest BCUT2D eigenvalue weighted by atomic mass is 10.00. The van der Waals surface area contributed by atoms with Gasteiger partial charge in [0, 0.05) is 18.8 Å². The summed E-state index contributed by atoms with van der Waals surface area (Å²) in [4.78, 5) is 42.6. The predicted molar refractivity (Wildman–Crippen MR) is 154 cm³/mol. The molecule has 40 heavy (non-hydrogen) atoms. The molecule has 0 aliphatic carbocycles. The second kappa shape index (κ2) is 13.5. The summed E-state index contributed by atoms with van der Waals surface area (Å²) in [6.07, 6.45) is 1.72. The van der Waals surface area contributed by atoms with Crippen molar-refractivity contribution >= 4 is 34.7 Å². The maximum absolute atomic E-state index is 14.0. The van der Waals surface area contributed by atoms with Crippen molar-refractivity contribution in [3.8, 4) is 11.5 Å². The maximum Gasteiger partial charge on any atom is 0.261 e. The molecule has 4 rings (SSSR count). The fraction of sp³-hybridized carbons (Fsp3) is 0.367. The Morgan fingerprint density at radius 2 is 1.85 bits per heavy atom. The molecular weight excluding hydrogens is 530 g/mol. The number of nitrogens with one attached hydrogen (secondary N) is 2. The molecule has 10 heteroatoms. The van der Waals surface area contributed by atoms with Crippen LogP contribution in [0.3, 0.4) is 0 Å². The van der Waals surface area contributed by atoms with Crippen molar-refractivity contribution in [2.75, 3.05) is 38.8 Å². The van der Waals surface area contributed by atoms with E-state index in [-0.39, 0.29) is 24.5 Å². The zero-order valence-corrected chi connectivity index (χ0v) is 24.0. The highest BCUT2D eigenvalue weighted by molar-refractivity contribution is 7.12. The topological polar surface area (TPSA) is 106 Å². The Labute approximate surface area is 238 Å². The molecule has 1 aliphatic rings. The van der Waals surface area contributed by atoms with Crippen LogP contribution in [0, 0.1) is 13.8 Å². The van der Waals surface area contributed by atoms with Crippen LogP contribution in [0.1, 0.15) is 45.2 Å². The monoisotopic (exact) mass is 565 g/mol. The summed E-state index contributed by atoms with van der Waals surface area (Å²) in [5.74, 6) is -0.240. The van der Waals surface area contributed by atoms with E-state index in [1.165, 1.54) is 30.5 Å². The number of methoxy groups -OCH3 is 2. The molecule has 9 nitrogen and oxygen atoms in total. The maximum atomic E-state index is 14.0. The average Bonchev–Trinajstić information content (AvgIpc) is 3.69.